The van der Waals surface area contributed by atoms with E-state index in [0.29, 0.717) is 0 Å². The number of hydrogen-bond donors (Lipinski definition) is 1. The van der Waals surface area contributed by atoms with Crippen molar-refractivity contribution in [1.29, 1.82) is 0 Å². The van der Waals surface area contributed by atoms with E-state index >= 15 is 0 Å². The van der Waals surface area contributed by atoms with Crippen molar-refractivity contribution >= 4 is 0 Å². The third kappa shape index (κ3) is 1.63. The topological polar surface area (TPSA) is 39.2 Å². The highest BCUT2D eigenvalue weighted by molar-refractivity contribution is 5.04. The lowest BCUT2D eigenvalue weighted by Crippen LogP contribution is -2.09. The Morgan fingerprint density at radius 2 is 2.45 bits per heavy atom. The number of furan rings is 1. The number of nitrogens with two attached hydrogens (primary N) is 1. The molecule has 0 saturated heterocycles. The van der Waals surface area contributed by atoms with Gasteiger partial charge in [0.15, 0.2) is 0 Å². The molecule has 1 aromatic heterocycles. The van der Waals surface area contributed by atoms with Gasteiger partial charge in [0.2, 0.25) is 0 Å². The summed E-state index contributed by atoms with van der Waals surface area (Å²) in [6.07, 6.45) is 5.48. The Labute approximate surface area is 66.4 Å². The first-order valence-corrected chi connectivity index (χ1v) is 4.15. The van der Waals surface area contributed by atoms with Crippen LogP contribution in [0.4, 0.5) is 0 Å². The Morgan fingerprint density at radius 3 is 3.00 bits per heavy atom. The number of hydrogen-bond acceptors (Lipinski definition) is 2. The van der Waals surface area contributed by atoms with Crippen LogP contribution in [0.25, 0.3) is 0 Å². The molecule has 2 heteroatoms. The Morgan fingerprint density at radius 1 is 1.64 bits per heavy atom. The fourth-order valence-electron chi connectivity index (χ4n) is 1.33. The van der Waals surface area contributed by atoms with Gasteiger partial charge >= 0.3 is 0 Å². The Kier molecular flexibility index (Phi) is 1.70. The molecule has 1 heterocycles. The molecule has 2 N–H and O–H groups in total. The van der Waals surface area contributed by atoms with E-state index in [-0.39, 0.29) is 6.04 Å². The largest absolute Gasteiger partial charge is 0.468 e. The maximum atomic E-state index is 5.89. The van der Waals surface area contributed by atoms with E-state index in [1.54, 1.807) is 6.26 Å². The van der Waals surface area contributed by atoms with Gasteiger partial charge in [0.05, 0.1) is 12.3 Å². The normalized spacial score (nSPS) is 20.1. The summed E-state index contributed by atoms with van der Waals surface area (Å²) in [6.45, 7) is 0. The van der Waals surface area contributed by atoms with Crippen molar-refractivity contribution < 1.29 is 4.42 Å². The molecule has 0 aromatic carbocycles. The van der Waals surface area contributed by atoms with E-state index in [1.165, 1.54) is 12.8 Å². The predicted molar refractivity (Wildman–Crippen MR) is 43.0 cm³/mol. The van der Waals surface area contributed by atoms with Gasteiger partial charge in [-0.3, -0.25) is 0 Å². The third-order valence-electron chi connectivity index (χ3n) is 2.19. The van der Waals surface area contributed by atoms with Gasteiger partial charge in [-0.25, -0.2) is 0 Å². The fraction of sp³-hybridized carbons (Fsp3) is 0.556. The molecule has 1 atom stereocenters. The van der Waals surface area contributed by atoms with Crippen LogP contribution in [-0.4, -0.2) is 0 Å². The maximum absolute atomic E-state index is 5.89. The van der Waals surface area contributed by atoms with Crippen LogP contribution in [0.3, 0.4) is 0 Å². The quantitative estimate of drug-likeness (QED) is 0.718. The van der Waals surface area contributed by atoms with Gasteiger partial charge in [0.25, 0.3) is 0 Å². The van der Waals surface area contributed by atoms with Crippen LogP contribution in [0.2, 0.25) is 0 Å². The van der Waals surface area contributed by atoms with Crippen LogP contribution < -0.4 is 5.73 Å². The minimum Gasteiger partial charge on any atom is -0.468 e. The van der Waals surface area contributed by atoms with Crippen LogP contribution in [0.1, 0.15) is 31.1 Å². The molecule has 2 rings (SSSR count). The van der Waals surface area contributed by atoms with Crippen molar-refractivity contribution in [3.8, 4) is 0 Å². The first-order valence-electron chi connectivity index (χ1n) is 4.15. The van der Waals surface area contributed by atoms with E-state index in [1.807, 2.05) is 12.1 Å². The molecule has 1 aromatic rings. The van der Waals surface area contributed by atoms with E-state index in [0.717, 1.165) is 18.1 Å². The summed E-state index contributed by atoms with van der Waals surface area (Å²) in [5, 5.41) is 0. The molecular formula is C9H13NO. The zero-order chi connectivity index (χ0) is 7.68. The zero-order valence-corrected chi connectivity index (χ0v) is 6.49. The first kappa shape index (κ1) is 6.92. The minimum atomic E-state index is 0.123. The summed E-state index contributed by atoms with van der Waals surface area (Å²) in [5.74, 6) is 1.80. The molecule has 1 aliphatic rings. The Bertz CT molecular complexity index is 213. The van der Waals surface area contributed by atoms with Crippen molar-refractivity contribution in [1.82, 2.24) is 0 Å². The van der Waals surface area contributed by atoms with Crippen molar-refractivity contribution in [3.05, 3.63) is 24.2 Å². The lowest BCUT2D eigenvalue weighted by molar-refractivity contribution is 0.440. The first-order chi connectivity index (χ1) is 5.36. The smallest absolute Gasteiger partial charge is 0.120 e. The van der Waals surface area contributed by atoms with E-state index in [2.05, 4.69) is 0 Å². The van der Waals surface area contributed by atoms with Crippen molar-refractivity contribution in [2.45, 2.75) is 25.3 Å². The second kappa shape index (κ2) is 2.70. The molecule has 0 spiro atoms. The summed E-state index contributed by atoms with van der Waals surface area (Å²) >= 11 is 0. The monoisotopic (exact) mass is 151 g/mol. The lowest BCUT2D eigenvalue weighted by Gasteiger charge is -2.05. The molecule has 1 saturated carbocycles. The average Bonchev–Trinajstić information content (AvgIpc) is 2.67. The van der Waals surface area contributed by atoms with Crippen LogP contribution in [-0.2, 0) is 0 Å². The van der Waals surface area contributed by atoms with Crippen LogP contribution in [0.15, 0.2) is 22.8 Å². The predicted octanol–water partition coefficient (Wildman–Crippen LogP) is 2.08. The standard InChI is InChI=1S/C9H13NO/c10-8(6-7-3-4-7)9-2-1-5-11-9/h1-2,5,7-8H,3-4,6,10H2/t8-/m1/s1. The van der Waals surface area contributed by atoms with Gasteiger partial charge in [-0.15, -0.1) is 0 Å². The Hall–Kier alpha value is -0.760. The molecule has 60 valence electrons. The molecule has 1 aliphatic carbocycles. The molecule has 0 aliphatic heterocycles. The van der Waals surface area contributed by atoms with Crippen molar-refractivity contribution in [3.63, 3.8) is 0 Å². The summed E-state index contributed by atoms with van der Waals surface area (Å²) < 4.78 is 5.20. The molecule has 1 fully saturated rings. The minimum absolute atomic E-state index is 0.123. The average molecular weight is 151 g/mol. The molecule has 0 bridgehead atoms. The third-order valence-corrected chi connectivity index (χ3v) is 2.19. The van der Waals surface area contributed by atoms with Gasteiger partial charge in [-0.1, -0.05) is 12.8 Å². The highest BCUT2D eigenvalue weighted by Gasteiger charge is 2.25. The SMILES string of the molecule is N[C@H](CC1CC1)c1ccco1. The van der Waals surface area contributed by atoms with Gasteiger partial charge < -0.3 is 10.2 Å². The highest BCUT2D eigenvalue weighted by Crippen LogP contribution is 2.36. The second-order valence-corrected chi connectivity index (χ2v) is 3.30. The summed E-state index contributed by atoms with van der Waals surface area (Å²) in [4.78, 5) is 0. The Balaban J connectivity index is 1.93. The van der Waals surface area contributed by atoms with Crippen LogP contribution in [0.5, 0.6) is 0 Å². The summed E-state index contributed by atoms with van der Waals surface area (Å²) in [7, 11) is 0. The maximum Gasteiger partial charge on any atom is 0.120 e. The fourth-order valence-corrected chi connectivity index (χ4v) is 1.33. The van der Waals surface area contributed by atoms with Crippen molar-refractivity contribution in [2.75, 3.05) is 0 Å². The van der Waals surface area contributed by atoms with Gasteiger partial charge in [0, 0.05) is 0 Å². The van der Waals surface area contributed by atoms with E-state index in [4.69, 9.17) is 10.2 Å². The van der Waals surface area contributed by atoms with Gasteiger partial charge in [-0.2, -0.15) is 0 Å². The molecule has 2 nitrogen and oxygen atoms in total. The summed E-state index contributed by atoms with van der Waals surface area (Å²) in [6, 6.07) is 3.97. The van der Waals surface area contributed by atoms with E-state index in [9.17, 15) is 0 Å². The van der Waals surface area contributed by atoms with E-state index < -0.39 is 0 Å². The lowest BCUT2D eigenvalue weighted by atomic mass is 10.1. The van der Waals surface area contributed by atoms with Crippen molar-refractivity contribution in [2.24, 2.45) is 11.7 Å². The van der Waals surface area contributed by atoms with Gasteiger partial charge in [0.1, 0.15) is 5.76 Å². The number of rotatable bonds is 3. The molecular weight excluding hydrogens is 138 g/mol. The van der Waals surface area contributed by atoms with Crippen LogP contribution >= 0.6 is 0 Å². The highest BCUT2D eigenvalue weighted by atomic mass is 16.3. The molecule has 0 amide bonds. The second-order valence-electron chi connectivity index (χ2n) is 3.30. The van der Waals surface area contributed by atoms with Crippen LogP contribution in [0, 0.1) is 5.92 Å². The molecule has 11 heavy (non-hydrogen) atoms. The zero-order valence-electron chi connectivity index (χ0n) is 6.49. The molecule has 0 radical (unpaired) electrons. The summed E-state index contributed by atoms with van der Waals surface area (Å²) in [5.41, 5.74) is 5.89. The van der Waals surface area contributed by atoms with Gasteiger partial charge in [-0.05, 0) is 24.5 Å². The molecule has 0 unspecified atom stereocenters.